The monoisotopic (exact) mass is 349 g/mol. The van der Waals surface area contributed by atoms with Crippen molar-refractivity contribution in [2.75, 3.05) is 0 Å². The lowest BCUT2D eigenvalue weighted by Gasteiger charge is -2.31. The first-order chi connectivity index (χ1) is 11.5. The summed E-state index contributed by atoms with van der Waals surface area (Å²) in [6, 6.07) is 9.32. The molecular weight excluding hydrogens is 318 g/mol. The summed E-state index contributed by atoms with van der Waals surface area (Å²) in [6.45, 7) is 11.8. The van der Waals surface area contributed by atoms with E-state index in [1.165, 1.54) is 0 Å². The van der Waals surface area contributed by atoms with Crippen LogP contribution in [0.3, 0.4) is 0 Å². The van der Waals surface area contributed by atoms with Gasteiger partial charge in [-0.1, -0.05) is 51.1 Å². The number of ether oxygens (including phenoxy) is 2. The Balaban J connectivity index is 2.52. The number of carbonyl (C=O) groups is 2. The molecule has 1 aromatic carbocycles. The maximum Gasteiger partial charge on any atom is 0.407 e. The third kappa shape index (κ3) is 9.13. The van der Waals surface area contributed by atoms with Crippen molar-refractivity contribution >= 4 is 12.1 Å². The van der Waals surface area contributed by atoms with E-state index in [0.717, 1.165) is 5.56 Å². The Morgan fingerprint density at radius 2 is 1.64 bits per heavy atom. The van der Waals surface area contributed by atoms with Crippen molar-refractivity contribution in [3.8, 4) is 0 Å². The van der Waals surface area contributed by atoms with Gasteiger partial charge in [0, 0.05) is 12.5 Å². The summed E-state index contributed by atoms with van der Waals surface area (Å²) in [6.07, 6.45) is 0.268. The van der Waals surface area contributed by atoms with Crippen LogP contribution in [0.4, 0.5) is 4.79 Å². The Morgan fingerprint density at radius 3 is 2.16 bits per heavy atom. The zero-order valence-electron chi connectivity index (χ0n) is 16.2. The molecule has 0 spiro atoms. The number of esters is 1. The van der Waals surface area contributed by atoms with Crippen LogP contribution in [0.15, 0.2) is 30.3 Å². The van der Waals surface area contributed by atoms with Crippen molar-refractivity contribution in [1.29, 1.82) is 0 Å². The molecule has 0 radical (unpaired) electrons. The lowest BCUT2D eigenvalue weighted by Crippen LogP contribution is -2.44. The Bertz CT molecular complexity index is 555. The smallest absolute Gasteiger partial charge is 0.407 e. The van der Waals surface area contributed by atoms with Gasteiger partial charge >= 0.3 is 12.1 Å². The molecule has 1 rings (SSSR count). The van der Waals surface area contributed by atoms with E-state index in [9.17, 15) is 9.59 Å². The van der Waals surface area contributed by atoms with Gasteiger partial charge in [-0.05, 0) is 38.2 Å². The summed E-state index contributed by atoms with van der Waals surface area (Å²) in [5, 5.41) is 2.88. The minimum Gasteiger partial charge on any atom is -0.460 e. The van der Waals surface area contributed by atoms with Crippen LogP contribution < -0.4 is 5.32 Å². The Labute approximate surface area is 151 Å². The van der Waals surface area contributed by atoms with E-state index in [4.69, 9.17) is 9.47 Å². The number of hydrogen-bond acceptors (Lipinski definition) is 4. The molecule has 1 amide bonds. The molecule has 1 aromatic rings. The van der Waals surface area contributed by atoms with Gasteiger partial charge in [-0.3, -0.25) is 4.79 Å². The maximum atomic E-state index is 12.1. The molecule has 0 heterocycles. The largest absolute Gasteiger partial charge is 0.460 e. The van der Waals surface area contributed by atoms with Gasteiger partial charge in [-0.2, -0.15) is 0 Å². The lowest BCUT2D eigenvalue weighted by atomic mass is 9.84. The summed E-state index contributed by atoms with van der Waals surface area (Å²) in [5.74, 6) is -0.263. The molecule has 0 aliphatic heterocycles. The summed E-state index contributed by atoms with van der Waals surface area (Å²) < 4.78 is 10.6. The molecule has 1 atom stereocenters. The number of benzene rings is 1. The second kappa shape index (κ2) is 8.88. The number of rotatable bonds is 6. The number of hydrogen-bond donors (Lipinski definition) is 1. The highest BCUT2D eigenvalue weighted by Crippen LogP contribution is 2.24. The van der Waals surface area contributed by atoms with Gasteiger partial charge < -0.3 is 14.8 Å². The van der Waals surface area contributed by atoms with Gasteiger partial charge in [0.1, 0.15) is 12.2 Å². The molecule has 25 heavy (non-hydrogen) atoms. The van der Waals surface area contributed by atoms with E-state index in [-0.39, 0.29) is 30.5 Å². The molecular formula is C20H31NO4. The number of alkyl carbamates (subject to hydrolysis) is 1. The van der Waals surface area contributed by atoms with Gasteiger partial charge in [-0.15, -0.1) is 0 Å². The van der Waals surface area contributed by atoms with E-state index < -0.39 is 11.7 Å². The molecule has 0 aliphatic carbocycles. The third-order valence-corrected chi connectivity index (χ3v) is 3.61. The van der Waals surface area contributed by atoms with E-state index in [1.807, 2.05) is 71.9 Å². The summed E-state index contributed by atoms with van der Waals surface area (Å²) in [4.78, 5) is 24.0. The van der Waals surface area contributed by atoms with Gasteiger partial charge in [0.15, 0.2) is 0 Å². The van der Waals surface area contributed by atoms with Crippen LogP contribution in [0.5, 0.6) is 0 Å². The minimum atomic E-state index is -0.504. The van der Waals surface area contributed by atoms with Crippen molar-refractivity contribution in [3.05, 3.63) is 35.9 Å². The van der Waals surface area contributed by atoms with Crippen molar-refractivity contribution in [1.82, 2.24) is 5.32 Å². The normalized spacial score (nSPS) is 13.0. The lowest BCUT2D eigenvalue weighted by molar-refractivity contribution is -0.155. The third-order valence-electron chi connectivity index (χ3n) is 3.61. The first-order valence-corrected chi connectivity index (χ1v) is 8.66. The SMILES string of the molecule is CC(C)(C)OC(=O)CC[C@H](NC(=O)OCc1ccccc1)C(C)(C)C. The van der Waals surface area contributed by atoms with E-state index in [2.05, 4.69) is 5.32 Å². The molecule has 0 aromatic heterocycles. The fourth-order valence-corrected chi connectivity index (χ4v) is 2.28. The van der Waals surface area contributed by atoms with E-state index in [1.54, 1.807) is 0 Å². The second-order valence-corrected chi connectivity index (χ2v) is 8.25. The zero-order valence-corrected chi connectivity index (χ0v) is 16.2. The number of amides is 1. The highest BCUT2D eigenvalue weighted by Gasteiger charge is 2.28. The molecule has 5 heteroatoms. The fraction of sp³-hybridized carbons (Fsp3) is 0.600. The highest BCUT2D eigenvalue weighted by molar-refractivity contribution is 5.70. The van der Waals surface area contributed by atoms with Gasteiger partial charge in [0.25, 0.3) is 0 Å². The highest BCUT2D eigenvalue weighted by atomic mass is 16.6. The van der Waals surface area contributed by atoms with Crippen LogP contribution >= 0.6 is 0 Å². The first kappa shape index (κ1) is 21.0. The molecule has 0 aliphatic rings. The summed E-state index contributed by atoms with van der Waals surface area (Å²) in [5.41, 5.74) is 0.225. The average Bonchev–Trinajstić information content (AvgIpc) is 2.47. The van der Waals surface area contributed by atoms with Crippen molar-refractivity contribution in [3.63, 3.8) is 0 Å². The molecule has 140 valence electrons. The topological polar surface area (TPSA) is 64.6 Å². The maximum absolute atomic E-state index is 12.1. The molecule has 0 fully saturated rings. The molecule has 1 N–H and O–H groups in total. The van der Waals surface area contributed by atoms with Gasteiger partial charge in [0.05, 0.1) is 0 Å². The molecule has 0 saturated carbocycles. The van der Waals surface area contributed by atoms with Gasteiger partial charge in [0.2, 0.25) is 0 Å². The predicted octanol–water partition coefficient (Wildman–Crippen LogP) is 4.45. The van der Waals surface area contributed by atoms with E-state index >= 15 is 0 Å². The van der Waals surface area contributed by atoms with Crippen molar-refractivity contribution in [2.45, 2.75) is 72.6 Å². The standard InChI is InChI=1S/C20H31NO4/c1-19(2,3)16(12-13-17(22)25-20(4,5)6)21-18(23)24-14-15-10-8-7-9-11-15/h7-11,16H,12-14H2,1-6H3,(H,21,23)/t16-/m0/s1. The van der Waals surface area contributed by atoms with Crippen LogP contribution in [0.25, 0.3) is 0 Å². The number of nitrogens with one attached hydrogen (secondary N) is 1. The van der Waals surface area contributed by atoms with Crippen LogP contribution in [-0.4, -0.2) is 23.7 Å². The van der Waals surface area contributed by atoms with Crippen LogP contribution in [0, 0.1) is 5.41 Å². The van der Waals surface area contributed by atoms with Crippen LogP contribution in [0.1, 0.15) is 59.9 Å². The minimum absolute atomic E-state index is 0.191. The second-order valence-electron chi connectivity index (χ2n) is 8.25. The quantitative estimate of drug-likeness (QED) is 0.771. The zero-order chi connectivity index (χ0) is 19.1. The van der Waals surface area contributed by atoms with Gasteiger partial charge in [-0.25, -0.2) is 4.79 Å². The Morgan fingerprint density at radius 1 is 1.04 bits per heavy atom. The summed E-state index contributed by atoms with van der Waals surface area (Å²) in [7, 11) is 0. The molecule has 0 saturated heterocycles. The van der Waals surface area contributed by atoms with Crippen molar-refractivity contribution in [2.24, 2.45) is 5.41 Å². The predicted molar refractivity (Wildman–Crippen MR) is 98.1 cm³/mol. The first-order valence-electron chi connectivity index (χ1n) is 8.66. The van der Waals surface area contributed by atoms with E-state index in [0.29, 0.717) is 6.42 Å². The van der Waals surface area contributed by atoms with Crippen LogP contribution in [-0.2, 0) is 20.9 Å². The molecule has 0 unspecified atom stereocenters. The van der Waals surface area contributed by atoms with Crippen LogP contribution in [0.2, 0.25) is 0 Å². The van der Waals surface area contributed by atoms with Crippen molar-refractivity contribution < 1.29 is 19.1 Å². The number of carbonyl (C=O) groups excluding carboxylic acids is 2. The average molecular weight is 349 g/mol. The molecule has 0 bridgehead atoms. The fourth-order valence-electron chi connectivity index (χ4n) is 2.28. The summed E-state index contributed by atoms with van der Waals surface area (Å²) >= 11 is 0. The Kier molecular flexibility index (Phi) is 7.46. The molecule has 5 nitrogen and oxygen atoms in total. The Hall–Kier alpha value is -2.04.